The van der Waals surface area contributed by atoms with Gasteiger partial charge < -0.3 is 5.73 Å². The first-order valence-electron chi connectivity index (χ1n) is 4.45. The molecule has 11 heavy (non-hydrogen) atoms. The summed E-state index contributed by atoms with van der Waals surface area (Å²) in [5, 5.41) is 0. The number of nitrogens with zero attached hydrogens (tertiary/aromatic N) is 1. The first kappa shape index (κ1) is 6.21. The average Bonchev–Trinajstić information content (AvgIpc) is 2.37. The molecule has 2 saturated heterocycles. The van der Waals surface area contributed by atoms with Crippen molar-refractivity contribution in [2.24, 2.45) is 11.7 Å². The Hall–Kier alpha value is -0.340. The lowest BCUT2D eigenvalue weighted by molar-refractivity contribution is 0.212. The summed E-state index contributed by atoms with van der Waals surface area (Å²) in [6.45, 7) is 5.25. The Kier molecular flexibility index (Phi) is 0.871. The Labute approximate surface area is 67.1 Å². The van der Waals surface area contributed by atoms with Crippen molar-refractivity contribution in [2.75, 3.05) is 6.54 Å². The van der Waals surface area contributed by atoms with Crippen LogP contribution in [0.2, 0.25) is 0 Å². The smallest absolute Gasteiger partial charge is 0.0726 e. The van der Waals surface area contributed by atoms with Gasteiger partial charge in [0, 0.05) is 12.6 Å². The highest BCUT2D eigenvalue weighted by Crippen LogP contribution is 2.57. The fourth-order valence-corrected chi connectivity index (χ4v) is 2.84. The number of fused-ring (bicyclic) bond motifs is 3. The van der Waals surface area contributed by atoms with Crippen LogP contribution in [0.4, 0.5) is 0 Å². The molecular formula is C9H14N2. The highest BCUT2D eigenvalue weighted by molar-refractivity contribution is 5.26. The predicted octanol–water partition coefficient (Wildman–Crippen LogP) is 0.696. The van der Waals surface area contributed by atoms with Crippen molar-refractivity contribution in [3.05, 3.63) is 12.2 Å². The molecule has 60 valence electrons. The summed E-state index contributed by atoms with van der Waals surface area (Å²) in [6, 6.07) is 0.652. The van der Waals surface area contributed by atoms with E-state index in [2.05, 4.69) is 11.5 Å². The molecule has 2 heteroatoms. The molecule has 0 spiro atoms. The molecule has 2 N–H and O–H groups in total. The molecule has 0 aromatic carbocycles. The zero-order valence-electron chi connectivity index (χ0n) is 6.71. The van der Waals surface area contributed by atoms with Crippen LogP contribution in [0.15, 0.2) is 12.2 Å². The van der Waals surface area contributed by atoms with Crippen LogP contribution in [-0.2, 0) is 0 Å². The fourth-order valence-electron chi connectivity index (χ4n) is 2.84. The summed E-state index contributed by atoms with van der Waals surface area (Å²) < 4.78 is 0. The Morgan fingerprint density at radius 1 is 1.64 bits per heavy atom. The normalized spacial score (nSPS) is 54.5. The summed E-state index contributed by atoms with van der Waals surface area (Å²) in [5.41, 5.74) is 7.72. The quantitative estimate of drug-likeness (QED) is 0.515. The first-order valence-corrected chi connectivity index (χ1v) is 4.45. The molecule has 1 saturated carbocycles. The van der Waals surface area contributed by atoms with Crippen molar-refractivity contribution < 1.29 is 0 Å². The van der Waals surface area contributed by atoms with Gasteiger partial charge in [0.05, 0.1) is 5.66 Å². The molecule has 0 amide bonds. The summed E-state index contributed by atoms with van der Waals surface area (Å²) in [7, 11) is 0. The lowest BCUT2D eigenvalue weighted by atomic mass is 10.1. The van der Waals surface area contributed by atoms with E-state index in [9.17, 15) is 0 Å². The van der Waals surface area contributed by atoms with Crippen molar-refractivity contribution in [3.8, 4) is 0 Å². The van der Waals surface area contributed by atoms with E-state index in [1.54, 1.807) is 0 Å². The van der Waals surface area contributed by atoms with Gasteiger partial charge in [0.1, 0.15) is 0 Å². The lowest BCUT2D eigenvalue weighted by Crippen LogP contribution is -2.43. The zero-order valence-corrected chi connectivity index (χ0v) is 6.71. The molecule has 2 nitrogen and oxygen atoms in total. The van der Waals surface area contributed by atoms with Crippen LogP contribution in [0.25, 0.3) is 0 Å². The van der Waals surface area contributed by atoms with Crippen LogP contribution in [0.5, 0.6) is 0 Å². The highest BCUT2D eigenvalue weighted by atomic mass is 15.4. The highest BCUT2D eigenvalue weighted by Gasteiger charge is 2.64. The molecule has 0 bridgehead atoms. The van der Waals surface area contributed by atoms with E-state index in [-0.39, 0.29) is 5.66 Å². The maximum absolute atomic E-state index is 6.18. The van der Waals surface area contributed by atoms with Crippen LogP contribution in [0.1, 0.15) is 19.3 Å². The van der Waals surface area contributed by atoms with Crippen molar-refractivity contribution >= 4 is 0 Å². The molecule has 0 aromatic rings. The van der Waals surface area contributed by atoms with Gasteiger partial charge in [-0.3, -0.25) is 4.90 Å². The van der Waals surface area contributed by atoms with Crippen LogP contribution >= 0.6 is 0 Å². The molecule has 1 aliphatic carbocycles. The first-order chi connectivity index (χ1) is 5.22. The number of hydrogen-bond donors (Lipinski definition) is 1. The van der Waals surface area contributed by atoms with E-state index in [1.807, 2.05) is 0 Å². The van der Waals surface area contributed by atoms with E-state index < -0.39 is 0 Å². The van der Waals surface area contributed by atoms with Gasteiger partial charge in [-0.15, -0.1) is 0 Å². The average molecular weight is 150 g/mol. The summed E-state index contributed by atoms with van der Waals surface area (Å²) in [5.74, 6) is 0.796. The van der Waals surface area contributed by atoms with Gasteiger partial charge in [-0.25, -0.2) is 0 Å². The summed E-state index contributed by atoms with van der Waals surface area (Å²) in [4.78, 5) is 2.47. The topological polar surface area (TPSA) is 29.3 Å². The summed E-state index contributed by atoms with van der Waals surface area (Å²) >= 11 is 0. The van der Waals surface area contributed by atoms with Crippen LogP contribution in [0.3, 0.4) is 0 Å². The molecule has 3 fully saturated rings. The van der Waals surface area contributed by atoms with Crippen LogP contribution in [-0.4, -0.2) is 23.1 Å². The third-order valence-corrected chi connectivity index (χ3v) is 3.68. The molecule has 2 aliphatic heterocycles. The van der Waals surface area contributed by atoms with E-state index >= 15 is 0 Å². The van der Waals surface area contributed by atoms with Gasteiger partial charge in [-0.05, 0) is 25.2 Å². The molecule has 3 aliphatic rings. The monoisotopic (exact) mass is 150 g/mol. The van der Waals surface area contributed by atoms with Gasteiger partial charge >= 0.3 is 0 Å². The second kappa shape index (κ2) is 1.54. The van der Waals surface area contributed by atoms with E-state index in [0.29, 0.717) is 6.04 Å². The molecular weight excluding hydrogens is 136 g/mol. The van der Waals surface area contributed by atoms with E-state index in [1.165, 1.54) is 24.8 Å². The van der Waals surface area contributed by atoms with E-state index in [0.717, 1.165) is 12.5 Å². The second-order valence-corrected chi connectivity index (χ2v) is 4.25. The molecule has 0 unspecified atom stereocenters. The standard InChI is InChI=1S/C9H14N2/c1-6-2-3-11-8(6)4-7-5-9(7,11)10/h7-8H,1-5,10H2/t7-,8-,9+/m1/s1. The van der Waals surface area contributed by atoms with Gasteiger partial charge in [0.15, 0.2) is 0 Å². The van der Waals surface area contributed by atoms with Crippen molar-refractivity contribution in [1.29, 1.82) is 0 Å². The van der Waals surface area contributed by atoms with Gasteiger partial charge in [0.25, 0.3) is 0 Å². The number of rotatable bonds is 0. The zero-order chi connectivity index (χ0) is 7.64. The fraction of sp³-hybridized carbons (Fsp3) is 0.778. The van der Waals surface area contributed by atoms with Crippen LogP contribution < -0.4 is 5.73 Å². The maximum Gasteiger partial charge on any atom is 0.0726 e. The second-order valence-electron chi connectivity index (χ2n) is 4.25. The molecule has 0 radical (unpaired) electrons. The largest absolute Gasteiger partial charge is 0.313 e. The molecule has 3 atom stereocenters. The number of hydrogen-bond acceptors (Lipinski definition) is 2. The van der Waals surface area contributed by atoms with Crippen LogP contribution in [0, 0.1) is 5.92 Å². The third-order valence-electron chi connectivity index (χ3n) is 3.68. The Morgan fingerprint density at radius 2 is 2.45 bits per heavy atom. The minimum Gasteiger partial charge on any atom is -0.313 e. The third kappa shape index (κ3) is 0.565. The number of piperidine rings is 1. The molecule has 3 rings (SSSR count). The lowest BCUT2D eigenvalue weighted by Gasteiger charge is -2.24. The Balaban J connectivity index is 1.96. The number of nitrogens with two attached hydrogens (primary N) is 1. The van der Waals surface area contributed by atoms with Gasteiger partial charge in [-0.1, -0.05) is 12.2 Å². The van der Waals surface area contributed by atoms with E-state index in [4.69, 9.17) is 5.73 Å². The minimum absolute atomic E-state index is 0.115. The molecule has 2 heterocycles. The maximum atomic E-state index is 6.18. The molecule has 0 aromatic heterocycles. The Bertz CT molecular complexity index is 236. The van der Waals surface area contributed by atoms with Gasteiger partial charge in [0.2, 0.25) is 0 Å². The van der Waals surface area contributed by atoms with Crippen molar-refractivity contribution in [1.82, 2.24) is 4.90 Å². The predicted molar refractivity (Wildman–Crippen MR) is 43.9 cm³/mol. The Morgan fingerprint density at radius 3 is 3.18 bits per heavy atom. The van der Waals surface area contributed by atoms with Crippen molar-refractivity contribution in [2.45, 2.75) is 31.0 Å². The SMILES string of the molecule is C=C1CCN2[C@@H]1C[C@@H]1C[C@@]12N. The van der Waals surface area contributed by atoms with Crippen molar-refractivity contribution in [3.63, 3.8) is 0 Å². The summed E-state index contributed by atoms with van der Waals surface area (Å²) in [6.07, 6.45) is 3.70. The van der Waals surface area contributed by atoms with Gasteiger partial charge in [-0.2, -0.15) is 0 Å². The minimum atomic E-state index is 0.115.